The van der Waals surface area contributed by atoms with Gasteiger partial charge in [0.25, 0.3) is 0 Å². The number of amides is 3. The van der Waals surface area contributed by atoms with Crippen molar-refractivity contribution in [3.8, 4) is 0 Å². The van der Waals surface area contributed by atoms with Crippen LogP contribution in [-0.2, 0) is 19.1 Å². The van der Waals surface area contributed by atoms with E-state index < -0.39 is 6.04 Å². The molecule has 28 heavy (non-hydrogen) atoms. The van der Waals surface area contributed by atoms with Gasteiger partial charge in [-0.25, -0.2) is 0 Å². The minimum atomic E-state index is -0.721. The lowest BCUT2D eigenvalue weighted by Gasteiger charge is -2.28. The van der Waals surface area contributed by atoms with Crippen molar-refractivity contribution in [1.82, 2.24) is 10.2 Å². The molecule has 4 rings (SSSR count). The number of nitrogens with zero attached hydrogens (tertiary/aromatic N) is 1. The summed E-state index contributed by atoms with van der Waals surface area (Å²) in [7, 11) is 0. The molecule has 9 heteroatoms. The van der Waals surface area contributed by atoms with Crippen molar-refractivity contribution >= 4 is 61.3 Å². The first-order valence-electron chi connectivity index (χ1n) is 9.99. The summed E-state index contributed by atoms with van der Waals surface area (Å²) < 4.78 is 5.58. The fourth-order valence-corrected chi connectivity index (χ4v) is 7.76. The Morgan fingerprint density at radius 2 is 1.89 bits per heavy atom. The van der Waals surface area contributed by atoms with E-state index in [4.69, 9.17) is 4.74 Å². The lowest BCUT2D eigenvalue weighted by molar-refractivity contribution is -0.148. The third-order valence-corrected chi connectivity index (χ3v) is 10.6. The molecule has 0 aromatic carbocycles. The van der Waals surface area contributed by atoms with E-state index in [1.54, 1.807) is 11.8 Å². The molecule has 8 atom stereocenters. The summed E-state index contributed by atoms with van der Waals surface area (Å²) in [5.74, 6) is -0.0380. The first kappa shape index (κ1) is 21.1. The summed E-state index contributed by atoms with van der Waals surface area (Å²) in [5.41, 5.74) is 0. The molecule has 6 nitrogen and oxygen atoms in total. The van der Waals surface area contributed by atoms with E-state index >= 15 is 0 Å². The monoisotopic (exact) mass is 536 g/mol. The molecule has 0 radical (unpaired) electrons. The molecule has 2 saturated heterocycles. The van der Waals surface area contributed by atoms with Crippen LogP contribution in [0.25, 0.3) is 0 Å². The number of halogens is 2. The number of rotatable bonds is 7. The number of fused-ring (bicyclic) bond motifs is 5. The Morgan fingerprint density at radius 1 is 1.25 bits per heavy atom. The van der Waals surface area contributed by atoms with Crippen LogP contribution < -0.4 is 5.32 Å². The van der Waals surface area contributed by atoms with E-state index in [9.17, 15) is 14.4 Å². The average Bonchev–Trinajstić information content (AvgIpc) is 3.43. The third kappa shape index (κ3) is 3.48. The molecule has 4 aliphatic rings. The Morgan fingerprint density at radius 3 is 2.43 bits per heavy atom. The lowest BCUT2D eigenvalue weighted by atomic mass is 9.81. The minimum Gasteiger partial charge on any atom is -0.376 e. The van der Waals surface area contributed by atoms with Crippen LogP contribution in [0.2, 0.25) is 0 Å². The van der Waals surface area contributed by atoms with Crippen LogP contribution in [0.1, 0.15) is 25.7 Å². The standard InChI is InChI=1S/C19H26Br2N2O4S/c1-28-6-4-12(17(24)22-8-9-3-2-5-27-9)23-18(25)13-10-7-11(14(13)19(23)26)16(21)15(10)20/h9-16H,2-8H2,1H3,(H,22,24)/t9-,10+,11+,12+,13-,14+,15-,16+/m0/s1. The smallest absolute Gasteiger partial charge is 0.243 e. The number of alkyl halides is 2. The number of ether oxygens (including phenoxy) is 1. The third-order valence-electron chi connectivity index (χ3n) is 6.76. The van der Waals surface area contributed by atoms with Gasteiger partial charge in [0.1, 0.15) is 6.04 Å². The highest BCUT2D eigenvalue weighted by atomic mass is 79.9. The quantitative estimate of drug-likeness (QED) is 0.398. The Bertz CT molecular complexity index is 628. The highest BCUT2D eigenvalue weighted by Gasteiger charge is 2.67. The normalized spacial score (nSPS) is 40.2. The zero-order valence-electron chi connectivity index (χ0n) is 15.8. The fourth-order valence-electron chi connectivity index (χ4n) is 5.42. The van der Waals surface area contributed by atoms with Gasteiger partial charge in [0.15, 0.2) is 0 Å². The summed E-state index contributed by atoms with van der Waals surface area (Å²) in [6.07, 6.45) is 5.33. The first-order valence-corrected chi connectivity index (χ1v) is 13.2. The van der Waals surface area contributed by atoms with Gasteiger partial charge in [0.2, 0.25) is 17.7 Å². The highest BCUT2D eigenvalue weighted by molar-refractivity contribution is 9.12. The number of hydrogen-bond donors (Lipinski definition) is 1. The van der Waals surface area contributed by atoms with Gasteiger partial charge in [0.05, 0.1) is 17.9 Å². The van der Waals surface area contributed by atoms with Crippen molar-refractivity contribution in [3.05, 3.63) is 0 Å². The number of nitrogens with one attached hydrogen (secondary N) is 1. The molecule has 0 spiro atoms. The van der Waals surface area contributed by atoms with Crippen LogP contribution in [0.4, 0.5) is 0 Å². The van der Waals surface area contributed by atoms with Crippen LogP contribution in [-0.4, -0.2) is 69.6 Å². The Balaban J connectivity index is 1.50. The van der Waals surface area contributed by atoms with Gasteiger partial charge >= 0.3 is 0 Å². The second kappa shape index (κ2) is 8.55. The van der Waals surface area contributed by atoms with E-state index in [0.717, 1.165) is 31.6 Å². The number of thioether (sulfide) groups is 1. The topological polar surface area (TPSA) is 75.7 Å². The molecule has 2 heterocycles. The zero-order chi connectivity index (χ0) is 20.0. The molecule has 0 aromatic heterocycles. The van der Waals surface area contributed by atoms with E-state index in [-0.39, 0.29) is 57.2 Å². The van der Waals surface area contributed by atoms with Crippen molar-refractivity contribution in [1.29, 1.82) is 0 Å². The largest absolute Gasteiger partial charge is 0.376 e. The molecule has 2 bridgehead atoms. The number of likely N-dealkylation sites (tertiary alicyclic amines) is 1. The Labute approximate surface area is 186 Å². The van der Waals surface area contributed by atoms with E-state index in [1.807, 2.05) is 6.26 Å². The maximum Gasteiger partial charge on any atom is 0.243 e. The van der Waals surface area contributed by atoms with Gasteiger partial charge in [-0.05, 0) is 49.5 Å². The van der Waals surface area contributed by atoms with Gasteiger partial charge in [-0.2, -0.15) is 11.8 Å². The predicted octanol–water partition coefficient (Wildman–Crippen LogP) is 2.18. The van der Waals surface area contributed by atoms with Crippen molar-refractivity contribution < 1.29 is 19.1 Å². The number of imide groups is 1. The van der Waals surface area contributed by atoms with Crippen LogP contribution in [0.3, 0.4) is 0 Å². The minimum absolute atomic E-state index is 0.0358. The zero-order valence-corrected chi connectivity index (χ0v) is 19.8. The summed E-state index contributed by atoms with van der Waals surface area (Å²) in [6.45, 7) is 1.17. The average molecular weight is 538 g/mol. The predicted molar refractivity (Wildman–Crippen MR) is 115 cm³/mol. The molecule has 4 fully saturated rings. The molecule has 156 valence electrons. The van der Waals surface area contributed by atoms with Crippen LogP contribution >= 0.6 is 43.6 Å². The van der Waals surface area contributed by atoms with Gasteiger partial charge in [-0.3, -0.25) is 19.3 Å². The first-order chi connectivity index (χ1) is 13.5. The molecular formula is C19H26Br2N2O4S. The maximum atomic E-state index is 13.3. The molecule has 2 saturated carbocycles. The summed E-state index contributed by atoms with van der Waals surface area (Å²) in [4.78, 5) is 41.2. The van der Waals surface area contributed by atoms with Crippen LogP contribution in [0.15, 0.2) is 0 Å². The molecule has 3 amide bonds. The number of carbonyl (C=O) groups excluding carboxylic acids is 3. The highest BCUT2D eigenvalue weighted by Crippen LogP contribution is 2.60. The van der Waals surface area contributed by atoms with Crippen molar-refractivity contribution in [2.75, 3.05) is 25.2 Å². The molecule has 2 aliphatic heterocycles. The van der Waals surface area contributed by atoms with E-state index in [2.05, 4.69) is 37.2 Å². The van der Waals surface area contributed by atoms with Crippen LogP contribution in [0.5, 0.6) is 0 Å². The molecule has 0 aromatic rings. The second-order valence-electron chi connectivity index (χ2n) is 8.23. The summed E-state index contributed by atoms with van der Waals surface area (Å²) in [6, 6.07) is -0.721. The van der Waals surface area contributed by atoms with Crippen molar-refractivity contribution in [2.24, 2.45) is 23.7 Å². The Hall–Kier alpha value is -0.120. The lowest BCUT2D eigenvalue weighted by Crippen LogP contribution is -2.51. The number of hydrogen-bond acceptors (Lipinski definition) is 5. The fraction of sp³-hybridized carbons (Fsp3) is 0.842. The van der Waals surface area contributed by atoms with Gasteiger partial charge in [-0.1, -0.05) is 31.9 Å². The SMILES string of the molecule is CSCC[C@H](C(=O)NC[C@@H]1CCCO1)N1C(=O)[C@@H]2[C@H]3C[C@@H]([C@H](Br)[C@@H]3Br)[C@@H]2C1=O. The summed E-state index contributed by atoms with van der Waals surface area (Å²) in [5, 5.41) is 2.94. The van der Waals surface area contributed by atoms with Crippen molar-refractivity contribution in [2.45, 2.75) is 47.5 Å². The maximum absolute atomic E-state index is 13.3. The molecule has 0 unspecified atom stereocenters. The van der Waals surface area contributed by atoms with Gasteiger partial charge in [0, 0.05) is 22.8 Å². The number of carbonyl (C=O) groups is 3. The second-order valence-corrected chi connectivity index (χ2v) is 11.3. The molecule has 2 aliphatic carbocycles. The van der Waals surface area contributed by atoms with Gasteiger partial charge in [-0.15, -0.1) is 0 Å². The Kier molecular flexibility index (Phi) is 6.45. The van der Waals surface area contributed by atoms with E-state index in [0.29, 0.717) is 13.0 Å². The van der Waals surface area contributed by atoms with Crippen LogP contribution in [0, 0.1) is 23.7 Å². The molecule has 1 N–H and O–H groups in total. The van der Waals surface area contributed by atoms with E-state index in [1.165, 1.54) is 4.90 Å². The van der Waals surface area contributed by atoms with Gasteiger partial charge < -0.3 is 10.1 Å². The van der Waals surface area contributed by atoms with Crippen molar-refractivity contribution in [3.63, 3.8) is 0 Å². The summed E-state index contributed by atoms with van der Waals surface area (Å²) >= 11 is 9.04. The molecular weight excluding hydrogens is 512 g/mol.